The van der Waals surface area contributed by atoms with Crippen LogP contribution in [0.3, 0.4) is 0 Å². The van der Waals surface area contributed by atoms with Crippen molar-refractivity contribution in [1.82, 2.24) is 20.3 Å². The van der Waals surface area contributed by atoms with Crippen LogP contribution in [0.25, 0.3) is 15.8 Å². The Kier molecular flexibility index (Phi) is 6.09. The molecule has 0 bridgehead atoms. The average Bonchev–Trinajstić information content (AvgIpc) is 3.78. The second kappa shape index (κ2) is 9.22. The standard InChI is InChI=1S/C26H34N4O3S/c31-24(19-1-2-19)29-13-7-21(8-14-29)33-25-28-22-4-3-20(17-23(22)34-25)18-5-15-30(16-6-18)27-12-11-26(32)9-10-26/h3-5,17,19,21,27,32H,1-2,6-16H2. The summed E-state index contributed by atoms with van der Waals surface area (Å²) in [5.41, 5.74) is 6.71. The highest BCUT2D eigenvalue weighted by Gasteiger charge is 2.39. The summed E-state index contributed by atoms with van der Waals surface area (Å²) >= 11 is 1.62. The van der Waals surface area contributed by atoms with Crippen LogP contribution in [0.1, 0.15) is 56.9 Å². The molecule has 2 aromatic rings. The topological polar surface area (TPSA) is 77.9 Å². The fourth-order valence-corrected chi connectivity index (χ4v) is 5.92. The Balaban J connectivity index is 1.03. The number of ether oxygens (including phenoxy) is 1. The van der Waals surface area contributed by atoms with Gasteiger partial charge in [0.1, 0.15) is 6.10 Å². The Bertz CT molecular complexity index is 1080. The number of hydrogen-bond acceptors (Lipinski definition) is 7. The highest BCUT2D eigenvalue weighted by Crippen LogP contribution is 2.38. The number of piperidine rings is 1. The van der Waals surface area contributed by atoms with Gasteiger partial charge in [-0.05, 0) is 61.8 Å². The third-order valence-corrected chi connectivity index (χ3v) is 8.56. The Morgan fingerprint density at radius 3 is 2.74 bits per heavy atom. The molecule has 0 spiro atoms. The van der Waals surface area contributed by atoms with Crippen LogP contribution in [0.4, 0.5) is 0 Å². The fourth-order valence-electron chi connectivity index (χ4n) is 4.99. The smallest absolute Gasteiger partial charge is 0.274 e. The van der Waals surface area contributed by atoms with E-state index in [1.54, 1.807) is 11.3 Å². The number of aromatic nitrogens is 1. The van der Waals surface area contributed by atoms with Gasteiger partial charge in [0.25, 0.3) is 5.19 Å². The molecule has 0 atom stereocenters. The predicted octanol–water partition coefficient (Wildman–Crippen LogP) is 3.58. The molecular formula is C26H34N4O3S. The summed E-state index contributed by atoms with van der Waals surface area (Å²) in [5, 5.41) is 13.0. The van der Waals surface area contributed by atoms with Crippen molar-refractivity contribution in [2.75, 3.05) is 32.7 Å². The van der Waals surface area contributed by atoms with E-state index < -0.39 is 0 Å². The Labute approximate surface area is 204 Å². The molecule has 2 aliphatic carbocycles. The molecule has 182 valence electrons. The van der Waals surface area contributed by atoms with Gasteiger partial charge in [0.05, 0.1) is 15.8 Å². The number of benzene rings is 1. The van der Waals surface area contributed by atoms with Crippen molar-refractivity contribution < 1.29 is 14.6 Å². The molecule has 2 saturated carbocycles. The highest BCUT2D eigenvalue weighted by atomic mass is 32.1. The van der Waals surface area contributed by atoms with E-state index in [9.17, 15) is 9.90 Å². The number of amides is 1. The number of rotatable bonds is 8. The summed E-state index contributed by atoms with van der Waals surface area (Å²) in [7, 11) is 0. The monoisotopic (exact) mass is 482 g/mol. The number of nitrogens with zero attached hydrogens (tertiary/aromatic N) is 3. The van der Waals surface area contributed by atoms with Crippen molar-refractivity contribution >= 4 is 33.0 Å². The van der Waals surface area contributed by atoms with E-state index in [2.05, 4.69) is 34.7 Å². The van der Waals surface area contributed by atoms with Gasteiger partial charge >= 0.3 is 0 Å². The lowest BCUT2D eigenvalue weighted by atomic mass is 10.00. The number of nitrogens with one attached hydrogen (secondary N) is 1. The average molecular weight is 483 g/mol. The van der Waals surface area contributed by atoms with Crippen molar-refractivity contribution in [3.05, 3.63) is 29.8 Å². The molecule has 2 N–H and O–H groups in total. The van der Waals surface area contributed by atoms with Gasteiger partial charge in [0.15, 0.2) is 0 Å². The maximum atomic E-state index is 12.3. The van der Waals surface area contributed by atoms with Gasteiger partial charge in [-0.1, -0.05) is 23.5 Å². The zero-order chi connectivity index (χ0) is 23.1. The van der Waals surface area contributed by atoms with Crippen LogP contribution in [-0.2, 0) is 4.79 Å². The minimum atomic E-state index is -0.386. The maximum Gasteiger partial charge on any atom is 0.274 e. The molecule has 3 fully saturated rings. The summed E-state index contributed by atoms with van der Waals surface area (Å²) in [4.78, 5) is 19.0. The van der Waals surface area contributed by atoms with Crippen LogP contribution < -0.4 is 10.2 Å². The van der Waals surface area contributed by atoms with E-state index in [4.69, 9.17) is 9.72 Å². The van der Waals surface area contributed by atoms with Crippen molar-refractivity contribution in [3.63, 3.8) is 0 Å². The quantitative estimate of drug-likeness (QED) is 0.599. The lowest BCUT2D eigenvalue weighted by Gasteiger charge is -2.31. The van der Waals surface area contributed by atoms with E-state index in [1.807, 2.05) is 4.90 Å². The first-order valence-electron chi connectivity index (χ1n) is 12.8. The normalized spacial score (nSPS) is 23.2. The molecule has 8 heteroatoms. The third-order valence-electron chi connectivity index (χ3n) is 7.65. The van der Waals surface area contributed by atoms with Gasteiger partial charge in [-0.25, -0.2) is 9.99 Å². The number of thiazole rings is 1. The van der Waals surface area contributed by atoms with Gasteiger partial charge in [0.2, 0.25) is 5.91 Å². The minimum Gasteiger partial charge on any atom is -0.467 e. The van der Waals surface area contributed by atoms with Gasteiger partial charge in [0, 0.05) is 51.5 Å². The molecule has 0 radical (unpaired) electrons. The molecule has 1 aromatic heterocycles. The van der Waals surface area contributed by atoms with Crippen LogP contribution in [0, 0.1) is 5.92 Å². The SMILES string of the molecule is O=C(C1CC1)N1CCC(Oc2nc3ccc(C4=CCN(NCCC5(O)CC5)CC4)cc3s2)CC1. The second-order valence-corrected chi connectivity index (χ2v) is 11.4. The van der Waals surface area contributed by atoms with Crippen LogP contribution in [0.5, 0.6) is 5.19 Å². The number of carbonyl (C=O) groups excluding carboxylic acids is 1. The molecule has 6 rings (SSSR count). The summed E-state index contributed by atoms with van der Waals surface area (Å²) < 4.78 is 7.39. The number of likely N-dealkylation sites (tertiary alicyclic amines) is 1. The molecule has 1 amide bonds. The minimum absolute atomic E-state index is 0.142. The van der Waals surface area contributed by atoms with Gasteiger partial charge in [-0.15, -0.1) is 0 Å². The molecule has 1 saturated heterocycles. The summed E-state index contributed by atoms with van der Waals surface area (Å²) in [6.45, 7) is 4.29. The first-order valence-corrected chi connectivity index (χ1v) is 13.6. The van der Waals surface area contributed by atoms with Gasteiger partial charge in [-0.2, -0.15) is 0 Å². The van der Waals surface area contributed by atoms with E-state index in [0.29, 0.717) is 11.8 Å². The van der Waals surface area contributed by atoms with Gasteiger partial charge in [-0.3, -0.25) is 10.2 Å². The van der Waals surface area contributed by atoms with E-state index in [1.165, 1.54) is 11.1 Å². The number of aliphatic hydroxyl groups is 1. The Morgan fingerprint density at radius 2 is 2.03 bits per heavy atom. The van der Waals surface area contributed by atoms with E-state index >= 15 is 0 Å². The molecule has 2 aliphatic heterocycles. The first kappa shape index (κ1) is 22.5. The Hall–Kier alpha value is -2.00. The van der Waals surface area contributed by atoms with Crippen LogP contribution >= 0.6 is 11.3 Å². The largest absolute Gasteiger partial charge is 0.467 e. The lowest BCUT2D eigenvalue weighted by molar-refractivity contribution is -0.134. The first-order chi connectivity index (χ1) is 16.5. The summed E-state index contributed by atoms with van der Waals surface area (Å²) in [5.74, 6) is 0.648. The van der Waals surface area contributed by atoms with Crippen molar-refractivity contribution in [3.8, 4) is 5.19 Å². The molecular weight excluding hydrogens is 448 g/mol. The molecule has 34 heavy (non-hydrogen) atoms. The third kappa shape index (κ3) is 5.15. The van der Waals surface area contributed by atoms with Crippen LogP contribution in [0.15, 0.2) is 24.3 Å². The number of carbonyl (C=O) groups is 1. The number of hydrazine groups is 1. The predicted molar refractivity (Wildman–Crippen MR) is 134 cm³/mol. The molecule has 3 heterocycles. The Morgan fingerprint density at radius 1 is 1.21 bits per heavy atom. The molecule has 0 unspecified atom stereocenters. The van der Waals surface area contributed by atoms with Crippen molar-refractivity contribution in [1.29, 1.82) is 0 Å². The lowest BCUT2D eigenvalue weighted by Crippen LogP contribution is -2.42. The number of fused-ring (bicyclic) bond motifs is 1. The number of hydrogen-bond donors (Lipinski definition) is 2. The molecule has 4 aliphatic rings. The van der Waals surface area contributed by atoms with Gasteiger partial charge < -0.3 is 14.7 Å². The van der Waals surface area contributed by atoms with Crippen LogP contribution in [0.2, 0.25) is 0 Å². The second-order valence-electron chi connectivity index (χ2n) is 10.4. The van der Waals surface area contributed by atoms with Crippen molar-refractivity contribution in [2.24, 2.45) is 5.92 Å². The van der Waals surface area contributed by atoms with E-state index in [0.717, 1.165) is 99.5 Å². The zero-order valence-electron chi connectivity index (χ0n) is 19.7. The highest BCUT2D eigenvalue weighted by molar-refractivity contribution is 7.20. The van der Waals surface area contributed by atoms with E-state index in [-0.39, 0.29) is 11.7 Å². The molecule has 1 aromatic carbocycles. The summed E-state index contributed by atoms with van der Waals surface area (Å²) in [6, 6.07) is 6.52. The summed E-state index contributed by atoms with van der Waals surface area (Å²) in [6.07, 6.45) is 10.1. The maximum absolute atomic E-state index is 12.3. The van der Waals surface area contributed by atoms with Crippen LogP contribution in [-0.4, -0.2) is 70.3 Å². The van der Waals surface area contributed by atoms with Crippen molar-refractivity contribution in [2.45, 2.75) is 63.1 Å². The zero-order valence-corrected chi connectivity index (χ0v) is 20.5. The fraction of sp³-hybridized carbons (Fsp3) is 0.615. The molecule has 7 nitrogen and oxygen atoms in total.